The van der Waals surface area contributed by atoms with Crippen LogP contribution in [-0.4, -0.2) is 57.3 Å². The molecule has 0 aliphatic carbocycles. The Bertz CT molecular complexity index is 857. The van der Waals surface area contributed by atoms with Crippen LogP contribution in [0.2, 0.25) is 0 Å². The second-order valence-corrected chi connectivity index (χ2v) is 7.10. The lowest BCUT2D eigenvalue weighted by atomic mass is 10.0. The number of β-amino-alcohol motifs (C(OH)–C–C–N with tert-alkyl or cyclic N) is 1. The molecule has 8 heteroatoms. The number of hydrogen-bond donors (Lipinski definition) is 3. The van der Waals surface area contributed by atoms with E-state index in [1.807, 2.05) is 19.1 Å². The number of pyridine rings is 2. The second-order valence-electron chi connectivity index (χ2n) is 7.10. The topological polar surface area (TPSA) is 116 Å². The van der Waals surface area contributed by atoms with Crippen LogP contribution in [0.15, 0.2) is 24.5 Å². The number of carboxylic acids is 1. The molecule has 1 saturated heterocycles. The lowest BCUT2D eigenvalue weighted by molar-refractivity contribution is -0.137. The minimum atomic E-state index is -1.02. The molecule has 3 heterocycles. The van der Waals surface area contributed by atoms with E-state index < -0.39 is 11.6 Å². The number of carbonyl (C=O) groups is 2. The molecular weight excluding hydrogens is 348 g/mol. The standard InChI is InChI=1S/C19H24N4O4/c1-13-9-16(14-10-20-7-5-15(14)22-13)23-8-6-19(27,12-23)11-21-17(24)3-2-4-18(25)26/h5,7,9-10,27H,2-4,6,8,11-12H2,1H3,(H,21,24)(H,25,26)/t19-/m0/s1. The fourth-order valence-electron chi connectivity index (χ4n) is 3.40. The number of fused-ring (bicyclic) bond motifs is 1. The average Bonchev–Trinajstić information content (AvgIpc) is 3.01. The molecule has 0 spiro atoms. The first-order chi connectivity index (χ1) is 12.9. The molecule has 0 radical (unpaired) electrons. The van der Waals surface area contributed by atoms with Gasteiger partial charge in [-0.3, -0.25) is 19.6 Å². The number of carboxylic acid groups (broad SMARTS) is 1. The van der Waals surface area contributed by atoms with E-state index in [1.165, 1.54) is 0 Å². The highest BCUT2D eigenvalue weighted by molar-refractivity contribution is 5.91. The van der Waals surface area contributed by atoms with Crippen molar-refractivity contribution in [2.45, 2.75) is 38.2 Å². The van der Waals surface area contributed by atoms with Gasteiger partial charge in [-0.05, 0) is 31.9 Å². The van der Waals surface area contributed by atoms with E-state index in [2.05, 4.69) is 20.2 Å². The van der Waals surface area contributed by atoms with Crippen LogP contribution < -0.4 is 10.2 Å². The summed E-state index contributed by atoms with van der Waals surface area (Å²) in [5.74, 6) is -1.15. The highest BCUT2D eigenvalue weighted by Crippen LogP contribution is 2.32. The Morgan fingerprint density at radius 3 is 2.96 bits per heavy atom. The average molecular weight is 372 g/mol. The summed E-state index contributed by atoms with van der Waals surface area (Å²) >= 11 is 0. The van der Waals surface area contributed by atoms with Crippen LogP contribution in [0.3, 0.4) is 0 Å². The quantitative estimate of drug-likeness (QED) is 0.670. The lowest BCUT2D eigenvalue weighted by Crippen LogP contribution is -2.45. The Morgan fingerprint density at radius 2 is 2.19 bits per heavy atom. The normalized spacial score (nSPS) is 19.4. The van der Waals surface area contributed by atoms with Crippen molar-refractivity contribution in [3.05, 3.63) is 30.2 Å². The van der Waals surface area contributed by atoms with Gasteiger partial charge in [-0.15, -0.1) is 0 Å². The van der Waals surface area contributed by atoms with Crippen molar-refractivity contribution in [3.63, 3.8) is 0 Å². The fourth-order valence-corrected chi connectivity index (χ4v) is 3.40. The fraction of sp³-hybridized carbons (Fsp3) is 0.474. The number of rotatable bonds is 7. The number of nitrogens with one attached hydrogen (secondary N) is 1. The molecule has 1 amide bonds. The number of aromatic nitrogens is 2. The van der Waals surface area contributed by atoms with Crippen molar-refractivity contribution in [3.8, 4) is 0 Å². The molecule has 8 nitrogen and oxygen atoms in total. The van der Waals surface area contributed by atoms with Crippen molar-refractivity contribution in [2.75, 3.05) is 24.5 Å². The Labute approximate surface area is 157 Å². The summed E-state index contributed by atoms with van der Waals surface area (Å²) in [5, 5.41) is 23.1. The number of aliphatic hydroxyl groups is 1. The zero-order valence-corrected chi connectivity index (χ0v) is 15.3. The van der Waals surface area contributed by atoms with E-state index in [-0.39, 0.29) is 25.3 Å². The molecule has 2 aromatic heterocycles. The molecule has 1 aliphatic heterocycles. The van der Waals surface area contributed by atoms with E-state index in [9.17, 15) is 14.7 Å². The SMILES string of the molecule is Cc1cc(N2CC[C@](O)(CNC(=O)CCCC(=O)O)C2)c2cnccc2n1. The van der Waals surface area contributed by atoms with Crippen LogP contribution in [0, 0.1) is 6.92 Å². The van der Waals surface area contributed by atoms with Crippen molar-refractivity contribution >= 4 is 28.5 Å². The van der Waals surface area contributed by atoms with Crippen molar-refractivity contribution in [1.82, 2.24) is 15.3 Å². The molecule has 27 heavy (non-hydrogen) atoms. The molecule has 3 N–H and O–H groups in total. The third-order valence-electron chi connectivity index (χ3n) is 4.80. The maximum Gasteiger partial charge on any atom is 0.303 e. The van der Waals surface area contributed by atoms with E-state index in [1.54, 1.807) is 12.4 Å². The maximum atomic E-state index is 11.8. The van der Waals surface area contributed by atoms with Gasteiger partial charge < -0.3 is 20.4 Å². The maximum absolute atomic E-state index is 11.8. The van der Waals surface area contributed by atoms with E-state index in [4.69, 9.17) is 5.11 Å². The summed E-state index contributed by atoms with van der Waals surface area (Å²) in [5.41, 5.74) is 1.72. The molecule has 0 unspecified atom stereocenters. The van der Waals surface area contributed by atoms with Gasteiger partial charge in [0, 0.05) is 61.6 Å². The molecule has 1 aliphatic rings. The Hall–Kier alpha value is -2.74. The Morgan fingerprint density at radius 1 is 1.37 bits per heavy atom. The minimum absolute atomic E-state index is 0.0338. The van der Waals surface area contributed by atoms with Gasteiger partial charge in [0.15, 0.2) is 0 Å². The van der Waals surface area contributed by atoms with E-state index >= 15 is 0 Å². The summed E-state index contributed by atoms with van der Waals surface area (Å²) in [6, 6.07) is 3.85. The predicted octanol–water partition coefficient (Wildman–Crippen LogP) is 1.25. The largest absolute Gasteiger partial charge is 0.481 e. The molecule has 144 valence electrons. The molecule has 0 aromatic carbocycles. The van der Waals surface area contributed by atoms with Gasteiger partial charge >= 0.3 is 5.97 Å². The third kappa shape index (κ3) is 4.71. The first-order valence-corrected chi connectivity index (χ1v) is 9.03. The number of anilines is 1. The Balaban J connectivity index is 1.63. The van der Waals surface area contributed by atoms with Crippen LogP contribution in [0.5, 0.6) is 0 Å². The number of carbonyl (C=O) groups excluding carboxylic acids is 1. The highest BCUT2D eigenvalue weighted by Gasteiger charge is 2.37. The van der Waals surface area contributed by atoms with Crippen LogP contribution >= 0.6 is 0 Å². The summed E-state index contributed by atoms with van der Waals surface area (Å²) in [6.45, 7) is 3.15. The summed E-state index contributed by atoms with van der Waals surface area (Å²) in [6.07, 6.45) is 4.42. The molecule has 3 rings (SSSR count). The van der Waals surface area contributed by atoms with Gasteiger partial charge in [-0.2, -0.15) is 0 Å². The van der Waals surface area contributed by atoms with Gasteiger partial charge in [0.2, 0.25) is 5.91 Å². The van der Waals surface area contributed by atoms with Crippen LogP contribution in [-0.2, 0) is 9.59 Å². The van der Waals surface area contributed by atoms with Gasteiger partial charge in [0.05, 0.1) is 5.52 Å². The Kier molecular flexibility index (Phi) is 5.55. The highest BCUT2D eigenvalue weighted by atomic mass is 16.4. The summed E-state index contributed by atoms with van der Waals surface area (Å²) < 4.78 is 0. The summed E-state index contributed by atoms with van der Waals surface area (Å²) in [4.78, 5) is 33.1. The van der Waals surface area contributed by atoms with E-state index in [0.717, 1.165) is 22.3 Å². The van der Waals surface area contributed by atoms with Crippen LogP contribution in [0.4, 0.5) is 5.69 Å². The molecule has 1 atom stereocenters. The van der Waals surface area contributed by atoms with Crippen molar-refractivity contribution in [2.24, 2.45) is 0 Å². The smallest absolute Gasteiger partial charge is 0.303 e. The second kappa shape index (κ2) is 7.87. The number of hydrogen-bond acceptors (Lipinski definition) is 6. The monoisotopic (exact) mass is 372 g/mol. The molecule has 0 bridgehead atoms. The zero-order valence-electron chi connectivity index (χ0n) is 15.3. The molecule has 1 fully saturated rings. The van der Waals surface area contributed by atoms with Gasteiger partial charge in [-0.25, -0.2) is 0 Å². The predicted molar refractivity (Wildman–Crippen MR) is 101 cm³/mol. The first-order valence-electron chi connectivity index (χ1n) is 9.03. The van der Waals surface area contributed by atoms with Crippen LogP contribution in [0.1, 0.15) is 31.4 Å². The molecule has 0 saturated carbocycles. The first kappa shape index (κ1) is 19.0. The third-order valence-corrected chi connectivity index (χ3v) is 4.80. The van der Waals surface area contributed by atoms with Gasteiger partial charge in [0.25, 0.3) is 0 Å². The minimum Gasteiger partial charge on any atom is -0.481 e. The zero-order chi connectivity index (χ0) is 19.4. The number of aryl methyl sites for hydroxylation is 1. The van der Waals surface area contributed by atoms with Crippen molar-refractivity contribution in [1.29, 1.82) is 0 Å². The van der Waals surface area contributed by atoms with Crippen molar-refractivity contribution < 1.29 is 19.8 Å². The molecule has 2 aromatic rings. The van der Waals surface area contributed by atoms with Gasteiger partial charge in [0.1, 0.15) is 5.60 Å². The molecular formula is C19H24N4O4. The van der Waals surface area contributed by atoms with Crippen LogP contribution in [0.25, 0.3) is 10.9 Å². The lowest BCUT2D eigenvalue weighted by Gasteiger charge is -2.25. The number of aliphatic carboxylic acids is 1. The number of amides is 1. The summed E-state index contributed by atoms with van der Waals surface area (Å²) in [7, 11) is 0. The van der Waals surface area contributed by atoms with Gasteiger partial charge in [-0.1, -0.05) is 0 Å². The number of nitrogens with zero attached hydrogens (tertiary/aromatic N) is 3. The van der Waals surface area contributed by atoms with E-state index in [0.29, 0.717) is 25.9 Å².